The van der Waals surface area contributed by atoms with Crippen LogP contribution in [0.15, 0.2) is 35.3 Å². The SMILES string of the molecule is C=CCCCOCc1ccc(Br)c([N+](=O)[O-])c1. The van der Waals surface area contributed by atoms with Crippen LogP contribution in [0.2, 0.25) is 0 Å². The van der Waals surface area contributed by atoms with E-state index in [-0.39, 0.29) is 5.69 Å². The van der Waals surface area contributed by atoms with Gasteiger partial charge in [-0.3, -0.25) is 10.1 Å². The van der Waals surface area contributed by atoms with Gasteiger partial charge in [-0.1, -0.05) is 12.1 Å². The quantitative estimate of drug-likeness (QED) is 0.333. The highest BCUT2D eigenvalue weighted by Crippen LogP contribution is 2.25. The Hall–Kier alpha value is -1.20. The summed E-state index contributed by atoms with van der Waals surface area (Å²) in [6.45, 7) is 4.65. The van der Waals surface area contributed by atoms with Crippen LogP contribution in [0.5, 0.6) is 0 Å². The van der Waals surface area contributed by atoms with Gasteiger partial charge in [-0.05, 0) is 40.4 Å². The van der Waals surface area contributed by atoms with Crippen molar-refractivity contribution in [2.75, 3.05) is 6.61 Å². The number of benzene rings is 1. The maximum Gasteiger partial charge on any atom is 0.283 e. The summed E-state index contributed by atoms with van der Waals surface area (Å²) in [5, 5.41) is 10.7. The molecule has 5 heteroatoms. The summed E-state index contributed by atoms with van der Waals surface area (Å²) >= 11 is 3.14. The zero-order valence-corrected chi connectivity index (χ0v) is 11.0. The molecule has 0 aliphatic heterocycles. The Kier molecular flexibility index (Phi) is 5.86. The lowest BCUT2D eigenvalue weighted by molar-refractivity contribution is -0.385. The van der Waals surface area contributed by atoms with Crippen molar-refractivity contribution in [2.45, 2.75) is 19.4 Å². The number of hydrogen-bond donors (Lipinski definition) is 0. The van der Waals surface area contributed by atoms with Crippen molar-refractivity contribution in [3.05, 3.63) is 51.0 Å². The molecule has 0 spiro atoms. The van der Waals surface area contributed by atoms with Crippen LogP contribution < -0.4 is 0 Å². The molecule has 0 fully saturated rings. The molecule has 92 valence electrons. The number of nitro benzene ring substituents is 1. The van der Waals surface area contributed by atoms with E-state index >= 15 is 0 Å². The first-order chi connectivity index (χ1) is 8.15. The molecule has 0 amide bonds. The number of nitro groups is 1. The molecule has 0 saturated heterocycles. The topological polar surface area (TPSA) is 52.4 Å². The van der Waals surface area contributed by atoms with Crippen LogP contribution in [-0.2, 0) is 11.3 Å². The van der Waals surface area contributed by atoms with Gasteiger partial charge in [0.15, 0.2) is 0 Å². The van der Waals surface area contributed by atoms with Crippen LogP contribution in [0.3, 0.4) is 0 Å². The minimum Gasteiger partial charge on any atom is -0.377 e. The first-order valence-electron chi connectivity index (χ1n) is 5.26. The minimum absolute atomic E-state index is 0.0668. The van der Waals surface area contributed by atoms with Crippen molar-refractivity contribution >= 4 is 21.6 Å². The molecule has 17 heavy (non-hydrogen) atoms. The summed E-state index contributed by atoms with van der Waals surface area (Å²) in [6.07, 6.45) is 3.68. The average Bonchev–Trinajstić information content (AvgIpc) is 2.30. The highest BCUT2D eigenvalue weighted by molar-refractivity contribution is 9.10. The van der Waals surface area contributed by atoms with Gasteiger partial charge >= 0.3 is 0 Å². The van der Waals surface area contributed by atoms with Gasteiger partial charge in [-0.15, -0.1) is 6.58 Å². The van der Waals surface area contributed by atoms with Crippen LogP contribution >= 0.6 is 15.9 Å². The van der Waals surface area contributed by atoms with E-state index in [4.69, 9.17) is 4.74 Å². The molecule has 0 aromatic heterocycles. The van der Waals surface area contributed by atoms with Crippen molar-refractivity contribution in [3.8, 4) is 0 Å². The number of allylic oxidation sites excluding steroid dienone is 1. The fraction of sp³-hybridized carbons (Fsp3) is 0.333. The number of nitrogens with zero attached hydrogens (tertiary/aromatic N) is 1. The number of ether oxygens (including phenoxy) is 1. The van der Waals surface area contributed by atoms with E-state index in [1.807, 2.05) is 12.1 Å². The predicted octanol–water partition coefficient (Wildman–Crippen LogP) is 3.84. The molecular weight excluding hydrogens is 286 g/mol. The van der Waals surface area contributed by atoms with Gasteiger partial charge in [-0.2, -0.15) is 0 Å². The van der Waals surface area contributed by atoms with Crippen LogP contribution in [0.4, 0.5) is 5.69 Å². The first-order valence-corrected chi connectivity index (χ1v) is 6.06. The number of hydrogen-bond acceptors (Lipinski definition) is 3. The summed E-state index contributed by atoms with van der Waals surface area (Å²) < 4.78 is 5.89. The molecule has 1 rings (SSSR count). The monoisotopic (exact) mass is 299 g/mol. The smallest absolute Gasteiger partial charge is 0.283 e. The Balaban J connectivity index is 2.51. The highest BCUT2D eigenvalue weighted by Gasteiger charge is 2.11. The number of unbranched alkanes of at least 4 members (excludes halogenated alkanes) is 1. The molecule has 0 aliphatic carbocycles. The third-order valence-corrected chi connectivity index (χ3v) is 2.84. The Morgan fingerprint density at radius 2 is 2.29 bits per heavy atom. The summed E-state index contributed by atoms with van der Waals surface area (Å²) in [6, 6.07) is 5.00. The fourth-order valence-electron chi connectivity index (χ4n) is 1.31. The minimum atomic E-state index is -0.411. The molecule has 0 atom stereocenters. The second kappa shape index (κ2) is 7.19. The van der Waals surface area contributed by atoms with E-state index in [2.05, 4.69) is 22.5 Å². The van der Waals surface area contributed by atoms with Crippen molar-refractivity contribution in [3.63, 3.8) is 0 Å². The third kappa shape index (κ3) is 4.66. The van der Waals surface area contributed by atoms with E-state index < -0.39 is 4.92 Å². The second-order valence-electron chi connectivity index (χ2n) is 3.53. The third-order valence-electron chi connectivity index (χ3n) is 2.17. The van der Waals surface area contributed by atoms with E-state index in [9.17, 15) is 10.1 Å². The van der Waals surface area contributed by atoms with Crippen LogP contribution in [0.1, 0.15) is 18.4 Å². The molecule has 0 unspecified atom stereocenters. The number of halogens is 1. The molecule has 1 aromatic carbocycles. The van der Waals surface area contributed by atoms with Gasteiger partial charge in [-0.25, -0.2) is 0 Å². The van der Waals surface area contributed by atoms with Gasteiger partial charge in [0.05, 0.1) is 16.0 Å². The molecular formula is C12H14BrNO3. The van der Waals surface area contributed by atoms with Crippen molar-refractivity contribution in [1.82, 2.24) is 0 Å². The fourth-order valence-corrected chi connectivity index (χ4v) is 1.70. The summed E-state index contributed by atoms with van der Waals surface area (Å²) in [5.74, 6) is 0. The Morgan fingerprint density at radius 1 is 1.53 bits per heavy atom. The van der Waals surface area contributed by atoms with E-state index in [0.29, 0.717) is 17.7 Å². The molecule has 0 N–H and O–H groups in total. The van der Waals surface area contributed by atoms with Gasteiger partial charge in [0.2, 0.25) is 0 Å². The van der Waals surface area contributed by atoms with Gasteiger partial charge in [0.25, 0.3) is 5.69 Å². The van der Waals surface area contributed by atoms with E-state index in [1.165, 1.54) is 6.07 Å². The maximum atomic E-state index is 10.7. The standard InChI is InChI=1S/C12H14BrNO3/c1-2-3-4-7-17-9-10-5-6-11(13)12(8-10)14(15)16/h2,5-6,8H,1,3-4,7,9H2. The van der Waals surface area contributed by atoms with Crippen molar-refractivity contribution in [1.29, 1.82) is 0 Å². The zero-order chi connectivity index (χ0) is 12.7. The predicted molar refractivity (Wildman–Crippen MR) is 69.9 cm³/mol. The van der Waals surface area contributed by atoms with Crippen molar-refractivity contribution in [2.24, 2.45) is 0 Å². The molecule has 0 bridgehead atoms. The lowest BCUT2D eigenvalue weighted by atomic mass is 10.2. The second-order valence-corrected chi connectivity index (χ2v) is 4.38. The lowest BCUT2D eigenvalue weighted by Gasteiger charge is -2.04. The summed E-state index contributed by atoms with van der Waals surface area (Å²) in [4.78, 5) is 10.3. The Labute approximate surface area is 109 Å². The number of rotatable bonds is 7. The van der Waals surface area contributed by atoms with Gasteiger partial charge in [0, 0.05) is 12.7 Å². The van der Waals surface area contributed by atoms with Crippen LogP contribution in [0.25, 0.3) is 0 Å². The van der Waals surface area contributed by atoms with Crippen molar-refractivity contribution < 1.29 is 9.66 Å². The van der Waals surface area contributed by atoms with Crippen LogP contribution in [-0.4, -0.2) is 11.5 Å². The highest BCUT2D eigenvalue weighted by atomic mass is 79.9. The van der Waals surface area contributed by atoms with E-state index in [1.54, 1.807) is 6.07 Å². The molecule has 0 radical (unpaired) electrons. The van der Waals surface area contributed by atoms with Crippen LogP contribution in [0, 0.1) is 10.1 Å². The molecule has 1 aromatic rings. The maximum absolute atomic E-state index is 10.7. The van der Waals surface area contributed by atoms with E-state index in [0.717, 1.165) is 18.4 Å². The molecule has 4 nitrogen and oxygen atoms in total. The lowest BCUT2D eigenvalue weighted by Crippen LogP contribution is -1.97. The Bertz CT molecular complexity index is 407. The van der Waals surface area contributed by atoms with Gasteiger partial charge in [0.1, 0.15) is 0 Å². The summed E-state index contributed by atoms with van der Waals surface area (Å²) in [7, 11) is 0. The normalized spacial score (nSPS) is 10.2. The molecule has 0 saturated carbocycles. The van der Waals surface area contributed by atoms with Gasteiger partial charge < -0.3 is 4.74 Å². The molecule has 0 aliphatic rings. The zero-order valence-electron chi connectivity index (χ0n) is 9.39. The molecule has 0 heterocycles. The first kappa shape index (κ1) is 13.9. The largest absolute Gasteiger partial charge is 0.377 e. The Morgan fingerprint density at radius 3 is 2.94 bits per heavy atom. The summed E-state index contributed by atoms with van der Waals surface area (Å²) in [5.41, 5.74) is 0.871. The average molecular weight is 300 g/mol.